The molecule has 0 saturated heterocycles. The summed E-state index contributed by atoms with van der Waals surface area (Å²) >= 11 is 0. The fourth-order valence-corrected chi connectivity index (χ4v) is 3.63. The predicted molar refractivity (Wildman–Crippen MR) is 106 cm³/mol. The lowest BCUT2D eigenvalue weighted by molar-refractivity contribution is 0.399. The molecule has 3 heteroatoms. The summed E-state index contributed by atoms with van der Waals surface area (Å²) in [5, 5.41) is 11.8. The molecule has 0 radical (unpaired) electrons. The average molecular weight is 337 g/mol. The van der Waals surface area contributed by atoms with E-state index in [2.05, 4.69) is 11.5 Å². The van der Waals surface area contributed by atoms with Crippen LogP contribution < -0.4 is 5.43 Å². The van der Waals surface area contributed by atoms with Crippen molar-refractivity contribution in [3.05, 3.63) is 11.6 Å². The summed E-state index contributed by atoms with van der Waals surface area (Å²) in [6, 6.07) is 0. The Morgan fingerprint density at radius 3 is 1.96 bits per heavy atom. The van der Waals surface area contributed by atoms with Gasteiger partial charge in [0.1, 0.15) is 0 Å². The van der Waals surface area contributed by atoms with Crippen LogP contribution >= 0.6 is 0 Å². The van der Waals surface area contributed by atoms with Gasteiger partial charge in [-0.1, -0.05) is 63.9 Å². The molecule has 0 spiro atoms. The molecular weight excluding hydrogens is 296 g/mol. The molecule has 3 nitrogen and oxygen atoms in total. The van der Waals surface area contributed by atoms with Gasteiger partial charge in [-0.3, -0.25) is 0 Å². The topological polar surface area (TPSA) is 44.6 Å². The lowest BCUT2D eigenvalue weighted by Gasteiger charge is -2.12. The zero-order valence-electron chi connectivity index (χ0n) is 16.0. The maximum atomic E-state index is 7.00. The molecule has 2 N–H and O–H groups in total. The Labute approximate surface area is 150 Å². The van der Waals surface area contributed by atoms with Gasteiger partial charge in [0.2, 0.25) is 0 Å². The number of allylic oxidation sites excluding steroid dienone is 2. The summed E-state index contributed by atoms with van der Waals surface area (Å²) < 4.78 is 0. The Balaban J connectivity index is 0.00000139. The Morgan fingerprint density at radius 1 is 0.708 bits per heavy atom. The van der Waals surface area contributed by atoms with E-state index in [1.165, 1.54) is 108 Å². The molecule has 2 aliphatic rings. The van der Waals surface area contributed by atoms with Crippen LogP contribution in [0.25, 0.3) is 0 Å². The molecule has 1 heterocycles. The molecule has 0 aromatic heterocycles. The molecule has 140 valence electrons. The van der Waals surface area contributed by atoms with Crippen molar-refractivity contribution in [2.24, 2.45) is 5.10 Å². The van der Waals surface area contributed by atoms with Crippen molar-refractivity contribution in [3.63, 3.8) is 0 Å². The third-order valence-corrected chi connectivity index (χ3v) is 5.08. The normalized spacial score (nSPS) is 22.2. The molecule has 0 unspecified atom stereocenters. The highest BCUT2D eigenvalue weighted by Gasteiger charge is 2.09. The number of hydrazone groups is 1. The third kappa shape index (κ3) is 10.1. The van der Waals surface area contributed by atoms with Crippen LogP contribution in [0.1, 0.15) is 103 Å². The molecule has 0 aromatic carbocycles. The van der Waals surface area contributed by atoms with E-state index < -0.39 is 0 Å². The number of aliphatic hydroxyl groups excluding tert-OH is 1. The van der Waals surface area contributed by atoms with E-state index in [0.29, 0.717) is 0 Å². The van der Waals surface area contributed by atoms with Crippen molar-refractivity contribution < 1.29 is 5.11 Å². The fourth-order valence-electron chi connectivity index (χ4n) is 3.63. The van der Waals surface area contributed by atoms with Crippen LogP contribution in [0.5, 0.6) is 0 Å². The maximum Gasteiger partial charge on any atom is 0.0631 e. The first kappa shape index (κ1) is 21.2. The molecule has 24 heavy (non-hydrogen) atoms. The molecule has 0 aromatic rings. The number of aliphatic hydroxyl groups is 1. The summed E-state index contributed by atoms with van der Waals surface area (Å²) in [6.45, 7) is 1.05. The van der Waals surface area contributed by atoms with Crippen molar-refractivity contribution in [3.8, 4) is 0 Å². The predicted octanol–water partition coefficient (Wildman–Crippen LogP) is 5.74. The standard InChI is InChI=1S/C20H36N2.CH4O/c1-2-4-8-12-16-19(15-11-7-3-1)20-17-13-9-5-6-10-14-18-21-22-20;1-2/h15,21H,1-14,16-18H2;2H,1H3. The minimum atomic E-state index is 1.00. The molecule has 1 aliphatic carbocycles. The molecule has 0 fully saturated rings. The summed E-state index contributed by atoms with van der Waals surface area (Å²) in [5.74, 6) is 0. The SMILES string of the molecule is C1=C(C2=NNCCCCCCCC2)CCCCCCCCC1.CO. The van der Waals surface area contributed by atoms with Gasteiger partial charge in [0.15, 0.2) is 0 Å². The average Bonchev–Trinajstić information content (AvgIpc) is 2.73. The van der Waals surface area contributed by atoms with Crippen LogP contribution in [0.4, 0.5) is 0 Å². The van der Waals surface area contributed by atoms with E-state index in [9.17, 15) is 0 Å². The van der Waals surface area contributed by atoms with Gasteiger partial charge >= 0.3 is 0 Å². The third-order valence-electron chi connectivity index (χ3n) is 5.08. The summed E-state index contributed by atoms with van der Waals surface area (Å²) in [6.07, 6.45) is 24.2. The van der Waals surface area contributed by atoms with Crippen LogP contribution in [-0.2, 0) is 0 Å². The Morgan fingerprint density at radius 2 is 1.25 bits per heavy atom. The lowest BCUT2D eigenvalue weighted by Crippen LogP contribution is -2.14. The second-order valence-electron chi connectivity index (χ2n) is 7.08. The first-order valence-corrected chi connectivity index (χ1v) is 10.4. The minimum Gasteiger partial charge on any atom is -0.400 e. The quantitative estimate of drug-likeness (QED) is 0.641. The molecule has 0 atom stereocenters. The molecule has 0 saturated carbocycles. The van der Waals surface area contributed by atoms with Gasteiger partial charge in [-0.05, 0) is 50.5 Å². The second kappa shape index (κ2) is 15.7. The van der Waals surface area contributed by atoms with Crippen molar-refractivity contribution in [1.29, 1.82) is 0 Å². The number of nitrogens with zero attached hydrogens (tertiary/aromatic N) is 1. The van der Waals surface area contributed by atoms with Gasteiger partial charge in [-0.25, -0.2) is 0 Å². The van der Waals surface area contributed by atoms with Crippen molar-refractivity contribution >= 4 is 5.71 Å². The van der Waals surface area contributed by atoms with E-state index >= 15 is 0 Å². The minimum absolute atomic E-state index is 1.00. The number of rotatable bonds is 1. The van der Waals surface area contributed by atoms with Crippen molar-refractivity contribution in [1.82, 2.24) is 5.43 Å². The summed E-state index contributed by atoms with van der Waals surface area (Å²) in [5.41, 5.74) is 6.29. The van der Waals surface area contributed by atoms with Crippen LogP contribution in [-0.4, -0.2) is 24.5 Å². The van der Waals surface area contributed by atoms with Gasteiger partial charge in [-0.15, -0.1) is 0 Å². The van der Waals surface area contributed by atoms with E-state index in [-0.39, 0.29) is 0 Å². The van der Waals surface area contributed by atoms with Gasteiger partial charge in [0, 0.05) is 13.7 Å². The molecule has 0 amide bonds. The van der Waals surface area contributed by atoms with Gasteiger partial charge in [0.05, 0.1) is 5.71 Å². The smallest absolute Gasteiger partial charge is 0.0631 e. The first-order chi connectivity index (χ1) is 12.0. The number of hydrogen-bond acceptors (Lipinski definition) is 3. The molecule has 0 bridgehead atoms. The summed E-state index contributed by atoms with van der Waals surface area (Å²) in [7, 11) is 1.00. The Kier molecular flexibility index (Phi) is 13.9. The van der Waals surface area contributed by atoms with Gasteiger partial charge in [0.25, 0.3) is 0 Å². The van der Waals surface area contributed by atoms with E-state index in [1.807, 2.05) is 0 Å². The van der Waals surface area contributed by atoms with E-state index in [0.717, 1.165) is 13.7 Å². The van der Waals surface area contributed by atoms with Crippen molar-refractivity contribution in [2.75, 3.05) is 13.7 Å². The Hall–Kier alpha value is -0.830. The molecular formula is C21H40N2O. The fraction of sp³-hybridized carbons (Fsp3) is 0.857. The van der Waals surface area contributed by atoms with Crippen molar-refractivity contribution in [2.45, 2.75) is 103 Å². The molecule has 2 rings (SSSR count). The highest BCUT2D eigenvalue weighted by molar-refractivity contribution is 5.99. The van der Waals surface area contributed by atoms with Crippen LogP contribution in [0.3, 0.4) is 0 Å². The zero-order valence-corrected chi connectivity index (χ0v) is 16.0. The second-order valence-corrected chi connectivity index (χ2v) is 7.08. The van der Waals surface area contributed by atoms with Crippen LogP contribution in [0.15, 0.2) is 16.8 Å². The van der Waals surface area contributed by atoms with E-state index in [4.69, 9.17) is 10.2 Å². The van der Waals surface area contributed by atoms with Crippen LogP contribution in [0, 0.1) is 0 Å². The monoisotopic (exact) mass is 336 g/mol. The number of nitrogens with one attached hydrogen (secondary N) is 1. The van der Waals surface area contributed by atoms with Crippen LogP contribution in [0.2, 0.25) is 0 Å². The highest BCUT2D eigenvalue weighted by Crippen LogP contribution is 2.20. The Bertz CT molecular complexity index is 316. The maximum absolute atomic E-state index is 7.00. The van der Waals surface area contributed by atoms with E-state index in [1.54, 1.807) is 5.57 Å². The largest absolute Gasteiger partial charge is 0.400 e. The zero-order chi connectivity index (χ0) is 17.3. The highest BCUT2D eigenvalue weighted by atomic mass is 16.2. The van der Waals surface area contributed by atoms with Gasteiger partial charge in [-0.2, -0.15) is 5.10 Å². The number of hydrogen-bond donors (Lipinski definition) is 2. The lowest BCUT2D eigenvalue weighted by atomic mass is 9.97. The van der Waals surface area contributed by atoms with Gasteiger partial charge < -0.3 is 10.5 Å². The first-order valence-electron chi connectivity index (χ1n) is 10.4. The molecule has 1 aliphatic heterocycles. The summed E-state index contributed by atoms with van der Waals surface area (Å²) in [4.78, 5) is 0.